The second-order valence-corrected chi connectivity index (χ2v) is 6.53. The lowest BCUT2D eigenvalue weighted by molar-refractivity contribution is 0.483. The molecule has 2 heterocycles. The molecule has 0 unspecified atom stereocenters. The Balaban J connectivity index is 1.91. The summed E-state index contributed by atoms with van der Waals surface area (Å²) >= 11 is 3.08. The molecular weight excluding hydrogens is 348 g/mol. The first-order valence-electron chi connectivity index (χ1n) is 5.98. The molecule has 0 aromatic carbocycles. The molecule has 2 aromatic heterocycles. The Morgan fingerprint density at radius 2 is 2.30 bits per heavy atom. The summed E-state index contributed by atoms with van der Waals surface area (Å²) in [4.78, 5) is 0.0667. The molecule has 2 aromatic rings. The predicted molar refractivity (Wildman–Crippen MR) is 76.3 cm³/mol. The zero-order chi connectivity index (χ0) is 14.6. The van der Waals surface area contributed by atoms with Crippen molar-refractivity contribution >= 4 is 26.0 Å². The molecule has 0 saturated heterocycles. The highest BCUT2D eigenvalue weighted by molar-refractivity contribution is 9.10. The largest absolute Gasteiger partial charge is 0.452 e. The Morgan fingerprint density at radius 3 is 2.90 bits per heavy atom. The summed E-state index contributed by atoms with van der Waals surface area (Å²) in [5.41, 5.74) is 5.41. The van der Waals surface area contributed by atoms with Gasteiger partial charge in [-0.05, 0) is 28.4 Å². The first-order valence-corrected chi connectivity index (χ1v) is 8.26. The zero-order valence-electron chi connectivity index (χ0n) is 10.6. The number of aryl methyl sites for hydroxylation is 1. The van der Waals surface area contributed by atoms with Crippen molar-refractivity contribution in [2.24, 2.45) is 5.73 Å². The SMILES string of the molecule is NCc1cc(S(=O)(=O)NCCCn2cccn2)c(Br)o1. The van der Waals surface area contributed by atoms with Gasteiger partial charge in [-0.15, -0.1) is 0 Å². The minimum Gasteiger partial charge on any atom is -0.452 e. The minimum atomic E-state index is -3.60. The van der Waals surface area contributed by atoms with E-state index in [1.165, 1.54) is 6.07 Å². The van der Waals surface area contributed by atoms with Gasteiger partial charge in [0.05, 0.1) is 6.54 Å². The average molecular weight is 363 g/mol. The molecule has 0 radical (unpaired) electrons. The number of hydrogen-bond acceptors (Lipinski definition) is 5. The number of nitrogens with one attached hydrogen (secondary N) is 1. The molecule has 0 spiro atoms. The van der Waals surface area contributed by atoms with Gasteiger partial charge < -0.3 is 10.2 Å². The Hall–Kier alpha value is -1.16. The summed E-state index contributed by atoms with van der Waals surface area (Å²) in [5, 5.41) is 4.04. The topological polar surface area (TPSA) is 103 Å². The van der Waals surface area contributed by atoms with Crippen molar-refractivity contribution in [1.82, 2.24) is 14.5 Å². The lowest BCUT2D eigenvalue weighted by Crippen LogP contribution is -2.25. The van der Waals surface area contributed by atoms with E-state index in [1.54, 1.807) is 10.9 Å². The third-order valence-corrected chi connectivity index (χ3v) is 4.93. The molecule has 9 heteroatoms. The van der Waals surface area contributed by atoms with E-state index < -0.39 is 10.0 Å². The van der Waals surface area contributed by atoms with Crippen LogP contribution in [0, 0.1) is 0 Å². The van der Waals surface area contributed by atoms with E-state index >= 15 is 0 Å². The van der Waals surface area contributed by atoms with Gasteiger partial charge in [-0.2, -0.15) is 5.10 Å². The van der Waals surface area contributed by atoms with Crippen molar-refractivity contribution in [3.63, 3.8) is 0 Å². The van der Waals surface area contributed by atoms with E-state index in [-0.39, 0.29) is 16.1 Å². The van der Waals surface area contributed by atoms with E-state index in [0.717, 1.165) is 0 Å². The lowest BCUT2D eigenvalue weighted by Gasteiger charge is -2.05. The summed E-state index contributed by atoms with van der Waals surface area (Å²) in [6.45, 7) is 1.11. The van der Waals surface area contributed by atoms with Crippen molar-refractivity contribution < 1.29 is 12.8 Å². The Labute approximate surface area is 125 Å². The van der Waals surface area contributed by atoms with E-state index in [2.05, 4.69) is 25.8 Å². The van der Waals surface area contributed by atoms with Gasteiger partial charge in [0, 0.05) is 31.5 Å². The van der Waals surface area contributed by atoms with Crippen molar-refractivity contribution in [2.45, 2.75) is 24.4 Å². The Kier molecular flexibility index (Phi) is 4.97. The van der Waals surface area contributed by atoms with Crippen molar-refractivity contribution in [3.05, 3.63) is 35.0 Å². The standard InChI is InChI=1S/C11H15BrN4O3S/c12-11-10(7-9(8-13)19-11)20(17,18)15-4-2-6-16-5-1-3-14-16/h1,3,5,7,15H,2,4,6,8,13H2. The fraction of sp³-hybridized carbons (Fsp3) is 0.364. The van der Waals surface area contributed by atoms with Gasteiger partial charge in [-0.1, -0.05) is 0 Å². The van der Waals surface area contributed by atoms with Gasteiger partial charge in [0.25, 0.3) is 0 Å². The van der Waals surface area contributed by atoms with Crippen LogP contribution in [0.15, 0.2) is 38.5 Å². The van der Waals surface area contributed by atoms with Gasteiger partial charge >= 0.3 is 0 Å². The molecule has 2 rings (SSSR count). The van der Waals surface area contributed by atoms with Gasteiger partial charge in [-0.3, -0.25) is 4.68 Å². The monoisotopic (exact) mass is 362 g/mol. The maximum atomic E-state index is 12.1. The predicted octanol–water partition coefficient (Wildman–Crippen LogP) is 1.07. The van der Waals surface area contributed by atoms with Crippen LogP contribution in [0.2, 0.25) is 0 Å². The summed E-state index contributed by atoms with van der Waals surface area (Å²) in [5.74, 6) is 0.411. The third-order valence-electron chi connectivity index (χ3n) is 2.61. The number of furan rings is 1. The number of hydrogen-bond donors (Lipinski definition) is 2. The fourth-order valence-corrected chi connectivity index (χ4v) is 3.71. The number of aromatic nitrogens is 2. The molecule has 0 aliphatic rings. The first kappa shape index (κ1) is 15.2. The molecule has 0 atom stereocenters. The number of halogens is 1. The van der Waals surface area contributed by atoms with Crippen molar-refractivity contribution in [2.75, 3.05) is 6.54 Å². The maximum Gasteiger partial charge on any atom is 0.244 e. The lowest BCUT2D eigenvalue weighted by atomic mass is 10.4. The van der Waals surface area contributed by atoms with Crippen LogP contribution in [0.3, 0.4) is 0 Å². The highest BCUT2D eigenvalue weighted by Crippen LogP contribution is 2.25. The zero-order valence-corrected chi connectivity index (χ0v) is 13.0. The molecule has 7 nitrogen and oxygen atoms in total. The fourth-order valence-electron chi connectivity index (χ4n) is 1.64. The van der Waals surface area contributed by atoms with Crippen molar-refractivity contribution in [3.8, 4) is 0 Å². The second kappa shape index (κ2) is 6.53. The normalized spacial score (nSPS) is 11.9. The number of sulfonamides is 1. The van der Waals surface area contributed by atoms with Gasteiger partial charge in [0.2, 0.25) is 10.0 Å². The molecule has 0 fully saturated rings. The van der Waals surface area contributed by atoms with Crippen molar-refractivity contribution in [1.29, 1.82) is 0 Å². The highest BCUT2D eigenvalue weighted by atomic mass is 79.9. The van der Waals surface area contributed by atoms with Crippen LogP contribution < -0.4 is 10.5 Å². The van der Waals surface area contributed by atoms with E-state index in [1.807, 2.05) is 12.3 Å². The highest BCUT2D eigenvalue weighted by Gasteiger charge is 2.21. The van der Waals surface area contributed by atoms with Gasteiger partial charge in [-0.25, -0.2) is 13.1 Å². The van der Waals surface area contributed by atoms with Crippen LogP contribution in [0.5, 0.6) is 0 Å². The number of nitrogens with zero attached hydrogens (tertiary/aromatic N) is 2. The quantitative estimate of drug-likeness (QED) is 0.717. The molecule has 0 amide bonds. The number of rotatable bonds is 7. The molecule has 20 heavy (non-hydrogen) atoms. The molecule has 0 saturated carbocycles. The van der Waals surface area contributed by atoms with Crippen LogP contribution in [0.25, 0.3) is 0 Å². The van der Waals surface area contributed by atoms with Crippen LogP contribution in [-0.4, -0.2) is 24.7 Å². The van der Waals surface area contributed by atoms with Gasteiger partial charge in [0.1, 0.15) is 10.7 Å². The minimum absolute atomic E-state index is 0.0667. The number of nitrogens with two attached hydrogens (primary N) is 1. The van der Waals surface area contributed by atoms with Gasteiger partial charge in [0.15, 0.2) is 4.67 Å². The molecule has 0 bridgehead atoms. The second-order valence-electron chi connectivity index (χ2n) is 4.08. The Bertz CT molecular complexity index is 651. The van der Waals surface area contributed by atoms with Crippen LogP contribution in [0.4, 0.5) is 0 Å². The maximum absolute atomic E-state index is 12.1. The molecule has 110 valence electrons. The summed E-state index contributed by atoms with van der Waals surface area (Å²) in [6.07, 6.45) is 4.15. The third kappa shape index (κ3) is 3.69. The summed E-state index contributed by atoms with van der Waals surface area (Å²) in [6, 6.07) is 3.24. The van der Waals surface area contributed by atoms with E-state index in [0.29, 0.717) is 25.3 Å². The van der Waals surface area contributed by atoms with E-state index in [4.69, 9.17) is 10.2 Å². The first-order chi connectivity index (χ1) is 9.53. The molecule has 0 aliphatic heterocycles. The Morgan fingerprint density at radius 1 is 1.50 bits per heavy atom. The van der Waals surface area contributed by atoms with Crippen LogP contribution in [0.1, 0.15) is 12.2 Å². The van der Waals surface area contributed by atoms with E-state index in [9.17, 15) is 8.42 Å². The molecular formula is C11H15BrN4O3S. The average Bonchev–Trinajstić information content (AvgIpc) is 3.04. The smallest absolute Gasteiger partial charge is 0.244 e. The van der Waals surface area contributed by atoms with Crippen LogP contribution >= 0.6 is 15.9 Å². The summed E-state index contributed by atoms with van der Waals surface area (Å²) in [7, 11) is -3.60. The van der Waals surface area contributed by atoms with Crippen LogP contribution in [-0.2, 0) is 23.1 Å². The molecule has 3 N–H and O–H groups in total. The summed E-state index contributed by atoms with van der Waals surface area (Å²) < 4.78 is 33.8. The molecule has 0 aliphatic carbocycles.